The molecule has 0 radical (unpaired) electrons. The van der Waals surface area contributed by atoms with Gasteiger partial charge < -0.3 is 10.2 Å². The molecular formula is C26H31N7O2. The van der Waals surface area contributed by atoms with Gasteiger partial charge in [-0.05, 0) is 49.6 Å². The average molecular weight is 474 g/mol. The molecule has 1 atom stereocenters. The lowest BCUT2D eigenvalue weighted by atomic mass is 10.1. The first-order valence-corrected chi connectivity index (χ1v) is 12.1. The van der Waals surface area contributed by atoms with Gasteiger partial charge in [0, 0.05) is 37.8 Å². The van der Waals surface area contributed by atoms with Gasteiger partial charge in [-0.25, -0.2) is 9.80 Å². The van der Waals surface area contributed by atoms with E-state index in [9.17, 15) is 9.59 Å². The lowest BCUT2D eigenvalue weighted by Gasteiger charge is -2.23. The Labute approximate surface area is 205 Å². The number of anilines is 3. The third kappa shape index (κ3) is 4.85. The van der Waals surface area contributed by atoms with Crippen LogP contribution in [0.2, 0.25) is 0 Å². The Balaban J connectivity index is 1.26. The number of nitrogens with zero attached hydrogens (tertiary/aromatic N) is 4. The van der Waals surface area contributed by atoms with Gasteiger partial charge in [0.1, 0.15) is 0 Å². The molecule has 9 heteroatoms. The molecule has 2 aliphatic rings. The quantitative estimate of drug-likeness (QED) is 0.503. The molecule has 35 heavy (non-hydrogen) atoms. The number of urea groups is 1. The van der Waals surface area contributed by atoms with Crippen molar-refractivity contribution in [3.05, 3.63) is 71.4 Å². The molecule has 3 N–H and O–H groups in total. The fourth-order valence-electron chi connectivity index (χ4n) is 4.83. The van der Waals surface area contributed by atoms with Gasteiger partial charge in [-0.1, -0.05) is 30.3 Å². The summed E-state index contributed by atoms with van der Waals surface area (Å²) in [5.41, 5.74) is 7.69. The summed E-state index contributed by atoms with van der Waals surface area (Å²) in [4.78, 5) is 29.2. The van der Waals surface area contributed by atoms with Crippen LogP contribution in [0.5, 0.6) is 0 Å². The van der Waals surface area contributed by atoms with E-state index in [2.05, 4.69) is 38.0 Å². The molecule has 2 aromatic carbocycles. The van der Waals surface area contributed by atoms with Crippen molar-refractivity contribution in [2.75, 3.05) is 22.9 Å². The first-order chi connectivity index (χ1) is 17.0. The van der Waals surface area contributed by atoms with Crippen molar-refractivity contribution in [1.29, 1.82) is 0 Å². The molecular weight excluding hydrogens is 442 g/mol. The minimum absolute atomic E-state index is 0.117. The number of hydrazine groups is 1. The summed E-state index contributed by atoms with van der Waals surface area (Å²) in [7, 11) is 0. The van der Waals surface area contributed by atoms with Crippen molar-refractivity contribution in [2.45, 2.75) is 45.8 Å². The topological polar surface area (TPSA) is 96.6 Å². The van der Waals surface area contributed by atoms with E-state index in [1.54, 1.807) is 11.8 Å². The molecule has 1 unspecified atom stereocenters. The molecule has 182 valence electrons. The molecule has 0 saturated carbocycles. The van der Waals surface area contributed by atoms with Gasteiger partial charge in [0.25, 0.3) is 0 Å². The Kier molecular flexibility index (Phi) is 6.41. The highest BCUT2D eigenvalue weighted by Crippen LogP contribution is 2.34. The number of carbonyl (C=O) groups excluding carboxylic acids is 2. The second-order valence-electron chi connectivity index (χ2n) is 9.14. The van der Waals surface area contributed by atoms with Gasteiger partial charge >= 0.3 is 6.03 Å². The summed E-state index contributed by atoms with van der Waals surface area (Å²) >= 11 is 0. The summed E-state index contributed by atoms with van der Waals surface area (Å²) in [6.45, 7) is 6.56. The number of hydrogen-bond acceptors (Lipinski definition) is 5. The third-order valence-corrected chi connectivity index (χ3v) is 6.64. The lowest BCUT2D eigenvalue weighted by molar-refractivity contribution is -0.115. The second kappa shape index (κ2) is 9.79. The molecule has 1 aromatic heterocycles. The number of benzene rings is 2. The van der Waals surface area contributed by atoms with E-state index in [-0.39, 0.29) is 18.0 Å². The zero-order valence-electron chi connectivity index (χ0n) is 20.1. The number of rotatable bonds is 6. The number of H-pyrrole nitrogens is 1. The predicted molar refractivity (Wildman–Crippen MR) is 135 cm³/mol. The molecule has 1 saturated heterocycles. The number of hydrogen-bond donors (Lipinski definition) is 3. The maximum absolute atomic E-state index is 12.7. The van der Waals surface area contributed by atoms with E-state index >= 15 is 0 Å². The Hall–Kier alpha value is -3.85. The highest BCUT2D eigenvalue weighted by atomic mass is 16.2. The van der Waals surface area contributed by atoms with Gasteiger partial charge in [0.2, 0.25) is 5.91 Å². The number of amides is 3. The van der Waals surface area contributed by atoms with Crippen LogP contribution in [0.1, 0.15) is 49.6 Å². The summed E-state index contributed by atoms with van der Waals surface area (Å²) in [5.74, 6) is 0.456. The van der Waals surface area contributed by atoms with Gasteiger partial charge in [0.05, 0.1) is 24.0 Å². The van der Waals surface area contributed by atoms with Gasteiger partial charge in [0.15, 0.2) is 5.82 Å². The molecule has 3 amide bonds. The van der Waals surface area contributed by atoms with Crippen LogP contribution in [0.4, 0.5) is 22.0 Å². The van der Waals surface area contributed by atoms with E-state index in [1.807, 2.05) is 54.4 Å². The highest BCUT2D eigenvalue weighted by Gasteiger charge is 2.30. The molecule has 3 aromatic rings. The standard InChI is InChI=1S/C26H31N7O2/c1-18(20-8-4-3-5-9-20)27-26(35)30-32-16-23-24(17-32)28-29-25(23)33(19(2)34)22-12-10-21(11-13-22)31-14-6-7-15-31/h3-5,8-13,18H,6-7,14-17H2,1-2H3,(H,28,29)(H2,27,30,35). The van der Waals surface area contributed by atoms with Crippen molar-refractivity contribution in [2.24, 2.45) is 0 Å². The smallest absolute Gasteiger partial charge is 0.329 e. The van der Waals surface area contributed by atoms with Crippen LogP contribution in [0.3, 0.4) is 0 Å². The molecule has 0 aliphatic carbocycles. The number of aromatic amines is 1. The van der Waals surface area contributed by atoms with E-state index in [4.69, 9.17) is 0 Å². The van der Waals surface area contributed by atoms with Crippen LogP contribution in [0.15, 0.2) is 54.6 Å². The Morgan fingerprint density at radius 3 is 2.43 bits per heavy atom. The molecule has 0 bridgehead atoms. The normalized spacial score (nSPS) is 16.1. The van der Waals surface area contributed by atoms with Crippen LogP contribution in [-0.4, -0.2) is 40.2 Å². The van der Waals surface area contributed by atoms with Crippen LogP contribution >= 0.6 is 0 Å². The molecule has 5 rings (SSSR count). The molecule has 3 heterocycles. The number of aromatic nitrogens is 2. The van der Waals surface area contributed by atoms with Gasteiger partial charge in [-0.15, -0.1) is 0 Å². The van der Waals surface area contributed by atoms with Crippen LogP contribution in [0.25, 0.3) is 0 Å². The van der Waals surface area contributed by atoms with E-state index in [1.165, 1.54) is 18.5 Å². The Bertz CT molecular complexity index is 1190. The summed E-state index contributed by atoms with van der Waals surface area (Å²) in [6.07, 6.45) is 2.43. The first-order valence-electron chi connectivity index (χ1n) is 12.1. The van der Waals surface area contributed by atoms with Crippen LogP contribution < -0.4 is 20.5 Å². The lowest BCUT2D eigenvalue weighted by Crippen LogP contribution is -2.45. The number of nitrogens with one attached hydrogen (secondary N) is 3. The van der Waals surface area contributed by atoms with Crippen molar-refractivity contribution in [3.8, 4) is 0 Å². The Morgan fingerprint density at radius 2 is 1.74 bits per heavy atom. The summed E-state index contributed by atoms with van der Waals surface area (Å²) < 4.78 is 0. The fraction of sp³-hybridized carbons (Fsp3) is 0.346. The molecule has 0 spiro atoms. The van der Waals surface area contributed by atoms with Gasteiger partial charge in [-0.3, -0.25) is 20.2 Å². The molecule has 1 fully saturated rings. The number of fused-ring (bicyclic) bond motifs is 1. The maximum atomic E-state index is 12.7. The molecule has 2 aliphatic heterocycles. The Morgan fingerprint density at radius 1 is 1.03 bits per heavy atom. The third-order valence-electron chi connectivity index (χ3n) is 6.64. The van der Waals surface area contributed by atoms with E-state index in [0.717, 1.165) is 35.6 Å². The zero-order valence-corrected chi connectivity index (χ0v) is 20.1. The van der Waals surface area contributed by atoms with Crippen molar-refractivity contribution in [3.63, 3.8) is 0 Å². The van der Waals surface area contributed by atoms with Crippen LogP contribution in [0, 0.1) is 0 Å². The number of carbonyl (C=O) groups is 2. The first kappa shape index (κ1) is 22.9. The predicted octanol–water partition coefficient (Wildman–Crippen LogP) is 3.99. The van der Waals surface area contributed by atoms with E-state index in [0.29, 0.717) is 18.9 Å². The zero-order chi connectivity index (χ0) is 24.4. The van der Waals surface area contributed by atoms with Gasteiger partial charge in [-0.2, -0.15) is 5.10 Å². The van der Waals surface area contributed by atoms with Crippen LogP contribution in [-0.2, 0) is 17.9 Å². The van der Waals surface area contributed by atoms with E-state index < -0.39 is 0 Å². The molecule has 9 nitrogen and oxygen atoms in total. The average Bonchev–Trinajstić information content (AvgIpc) is 3.59. The minimum atomic E-state index is -0.276. The van der Waals surface area contributed by atoms with Crippen molar-refractivity contribution in [1.82, 2.24) is 25.9 Å². The van der Waals surface area contributed by atoms with Crippen molar-refractivity contribution < 1.29 is 9.59 Å². The summed E-state index contributed by atoms with van der Waals surface area (Å²) in [5, 5.41) is 12.3. The van der Waals surface area contributed by atoms with Crippen molar-refractivity contribution >= 4 is 29.1 Å². The SMILES string of the molecule is CC(=O)N(c1ccc(N2CCCC2)cc1)c1n[nH]c2c1CN(NC(=O)NC(C)c1ccccc1)C2. The minimum Gasteiger partial charge on any atom is -0.372 e. The summed E-state index contributed by atoms with van der Waals surface area (Å²) in [6, 6.07) is 17.5. The fourth-order valence-corrected chi connectivity index (χ4v) is 4.83. The highest BCUT2D eigenvalue weighted by molar-refractivity contribution is 5.99. The largest absolute Gasteiger partial charge is 0.372 e. The monoisotopic (exact) mass is 473 g/mol. The maximum Gasteiger partial charge on any atom is 0.329 e. The second-order valence-corrected chi connectivity index (χ2v) is 9.14.